The zero-order valence-electron chi connectivity index (χ0n) is 9.65. The summed E-state index contributed by atoms with van der Waals surface area (Å²) in [5.74, 6) is 1.40. The minimum Gasteiger partial charge on any atom is -0.366 e. The van der Waals surface area contributed by atoms with Crippen molar-refractivity contribution in [2.24, 2.45) is 0 Å². The molecule has 0 radical (unpaired) electrons. The van der Waals surface area contributed by atoms with Crippen molar-refractivity contribution >= 4 is 17.4 Å². The van der Waals surface area contributed by atoms with Gasteiger partial charge in [0.2, 0.25) is 0 Å². The first-order valence-electron chi connectivity index (χ1n) is 5.44. The van der Waals surface area contributed by atoms with Gasteiger partial charge in [0.05, 0.1) is 0 Å². The molecule has 4 heteroatoms. The van der Waals surface area contributed by atoms with Crippen molar-refractivity contribution < 1.29 is 0 Å². The number of nitrogens with zero attached hydrogens (tertiary/aromatic N) is 2. The van der Waals surface area contributed by atoms with Gasteiger partial charge in [-0.05, 0) is 18.1 Å². The van der Waals surface area contributed by atoms with E-state index in [4.69, 9.17) is 11.6 Å². The van der Waals surface area contributed by atoms with Gasteiger partial charge in [0.25, 0.3) is 0 Å². The minimum absolute atomic E-state index is 0.554. The van der Waals surface area contributed by atoms with E-state index in [2.05, 4.69) is 27.4 Å². The Bertz CT molecular complexity index is 482. The highest BCUT2D eigenvalue weighted by atomic mass is 35.5. The van der Waals surface area contributed by atoms with E-state index in [1.54, 1.807) is 6.33 Å². The van der Waals surface area contributed by atoms with Crippen molar-refractivity contribution in [1.29, 1.82) is 0 Å². The smallest absolute Gasteiger partial charge is 0.129 e. The van der Waals surface area contributed by atoms with Gasteiger partial charge in [-0.15, -0.1) is 11.6 Å². The summed E-state index contributed by atoms with van der Waals surface area (Å²) in [4.78, 5) is 8.20. The van der Waals surface area contributed by atoms with Gasteiger partial charge in [-0.25, -0.2) is 9.97 Å². The molecule has 0 aliphatic carbocycles. The number of aromatic nitrogens is 2. The van der Waals surface area contributed by atoms with Crippen molar-refractivity contribution in [2.75, 3.05) is 5.32 Å². The molecule has 0 aliphatic heterocycles. The van der Waals surface area contributed by atoms with Crippen LogP contribution in [0, 0.1) is 6.92 Å². The third-order valence-corrected chi connectivity index (χ3v) is 2.76. The Labute approximate surface area is 106 Å². The third kappa shape index (κ3) is 3.43. The Morgan fingerprint density at radius 3 is 2.47 bits per heavy atom. The van der Waals surface area contributed by atoms with E-state index in [0.29, 0.717) is 5.88 Å². The summed E-state index contributed by atoms with van der Waals surface area (Å²) in [6, 6.07) is 10.1. The van der Waals surface area contributed by atoms with Crippen molar-refractivity contribution in [2.45, 2.75) is 19.3 Å². The molecule has 0 bridgehead atoms. The number of nitrogens with one attached hydrogen (secondary N) is 1. The fraction of sp³-hybridized carbons (Fsp3) is 0.231. The van der Waals surface area contributed by atoms with Crippen molar-refractivity contribution in [3.05, 3.63) is 53.5 Å². The zero-order chi connectivity index (χ0) is 12.1. The number of alkyl halides is 1. The second-order valence-electron chi connectivity index (χ2n) is 3.85. The molecule has 88 valence electrons. The van der Waals surface area contributed by atoms with E-state index in [-0.39, 0.29) is 0 Å². The lowest BCUT2D eigenvalue weighted by molar-refractivity contribution is 1.05. The van der Waals surface area contributed by atoms with Crippen LogP contribution in [0.2, 0.25) is 0 Å². The summed E-state index contributed by atoms with van der Waals surface area (Å²) in [5.41, 5.74) is 3.29. The molecule has 1 heterocycles. The second kappa shape index (κ2) is 5.64. The number of hydrogen-bond donors (Lipinski definition) is 1. The van der Waals surface area contributed by atoms with E-state index in [1.807, 2.05) is 25.1 Å². The Morgan fingerprint density at radius 2 is 1.82 bits per heavy atom. The normalized spacial score (nSPS) is 10.2. The number of benzene rings is 1. The Morgan fingerprint density at radius 1 is 1.12 bits per heavy atom. The predicted octanol–water partition coefficient (Wildman–Crippen LogP) is 3.14. The Balaban J connectivity index is 1.97. The molecule has 2 aromatic rings. The van der Waals surface area contributed by atoms with Crippen LogP contribution in [-0.2, 0) is 12.4 Å². The quantitative estimate of drug-likeness (QED) is 0.844. The first kappa shape index (κ1) is 11.9. The molecule has 1 N–H and O–H groups in total. The highest BCUT2D eigenvalue weighted by Crippen LogP contribution is 2.09. The summed E-state index contributed by atoms with van der Waals surface area (Å²) in [6.07, 6.45) is 1.56. The summed E-state index contributed by atoms with van der Waals surface area (Å²) in [7, 11) is 0. The molecule has 0 fully saturated rings. The lowest BCUT2D eigenvalue weighted by Gasteiger charge is -2.06. The van der Waals surface area contributed by atoms with Crippen LogP contribution >= 0.6 is 11.6 Å². The number of rotatable bonds is 4. The van der Waals surface area contributed by atoms with Crippen LogP contribution < -0.4 is 5.32 Å². The lowest BCUT2D eigenvalue weighted by Crippen LogP contribution is -2.02. The topological polar surface area (TPSA) is 37.8 Å². The van der Waals surface area contributed by atoms with Gasteiger partial charge in [-0.3, -0.25) is 0 Å². The van der Waals surface area contributed by atoms with Gasteiger partial charge in [-0.1, -0.05) is 24.3 Å². The van der Waals surface area contributed by atoms with E-state index in [1.165, 1.54) is 5.56 Å². The maximum absolute atomic E-state index is 5.74. The highest BCUT2D eigenvalue weighted by molar-refractivity contribution is 6.17. The summed E-state index contributed by atoms with van der Waals surface area (Å²) >= 11 is 5.74. The average Bonchev–Trinajstić information content (AvgIpc) is 2.37. The van der Waals surface area contributed by atoms with E-state index in [0.717, 1.165) is 23.6 Å². The van der Waals surface area contributed by atoms with Crippen LogP contribution in [0.3, 0.4) is 0 Å². The van der Waals surface area contributed by atoms with Crippen LogP contribution in [0.5, 0.6) is 0 Å². The first-order chi connectivity index (χ1) is 8.28. The molecular formula is C13H14ClN3. The van der Waals surface area contributed by atoms with E-state index >= 15 is 0 Å². The molecule has 0 atom stereocenters. The minimum atomic E-state index is 0.554. The summed E-state index contributed by atoms with van der Waals surface area (Å²) in [6.45, 7) is 2.70. The monoisotopic (exact) mass is 247 g/mol. The molecule has 17 heavy (non-hydrogen) atoms. The van der Waals surface area contributed by atoms with Gasteiger partial charge in [0, 0.05) is 24.2 Å². The lowest BCUT2D eigenvalue weighted by atomic mass is 10.1. The maximum atomic E-state index is 5.74. The fourth-order valence-electron chi connectivity index (χ4n) is 1.49. The molecule has 0 saturated heterocycles. The summed E-state index contributed by atoms with van der Waals surface area (Å²) in [5, 5.41) is 3.26. The number of halogens is 1. The second-order valence-corrected chi connectivity index (χ2v) is 4.12. The molecule has 1 aromatic heterocycles. The van der Waals surface area contributed by atoms with Gasteiger partial charge < -0.3 is 5.32 Å². The number of anilines is 1. The van der Waals surface area contributed by atoms with Crippen LogP contribution in [0.4, 0.5) is 5.82 Å². The van der Waals surface area contributed by atoms with Gasteiger partial charge in [0.1, 0.15) is 12.1 Å². The maximum Gasteiger partial charge on any atom is 0.129 e. The molecule has 0 amide bonds. The molecular weight excluding hydrogens is 234 g/mol. The van der Waals surface area contributed by atoms with Gasteiger partial charge in [-0.2, -0.15) is 0 Å². The van der Waals surface area contributed by atoms with E-state index < -0.39 is 0 Å². The van der Waals surface area contributed by atoms with Crippen molar-refractivity contribution in [3.63, 3.8) is 0 Å². The number of aryl methyl sites for hydroxylation is 1. The average molecular weight is 248 g/mol. The molecule has 0 saturated carbocycles. The third-order valence-electron chi connectivity index (χ3n) is 2.45. The fourth-order valence-corrected chi connectivity index (χ4v) is 1.67. The van der Waals surface area contributed by atoms with Gasteiger partial charge >= 0.3 is 0 Å². The van der Waals surface area contributed by atoms with Crippen LogP contribution in [-0.4, -0.2) is 9.97 Å². The standard InChI is InChI=1S/C13H14ClN3/c1-10-6-13(17-9-16-10)15-8-12-4-2-11(7-14)3-5-12/h2-6,9H,7-8H2,1H3,(H,15,16,17). The molecule has 0 unspecified atom stereocenters. The SMILES string of the molecule is Cc1cc(NCc2ccc(CCl)cc2)ncn1. The van der Waals surface area contributed by atoms with Crippen molar-refractivity contribution in [1.82, 2.24) is 9.97 Å². The summed E-state index contributed by atoms with van der Waals surface area (Å²) < 4.78 is 0. The first-order valence-corrected chi connectivity index (χ1v) is 5.97. The number of hydrogen-bond acceptors (Lipinski definition) is 3. The molecule has 3 nitrogen and oxygen atoms in total. The Hall–Kier alpha value is -1.61. The van der Waals surface area contributed by atoms with E-state index in [9.17, 15) is 0 Å². The molecule has 2 rings (SSSR count). The van der Waals surface area contributed by atoms with Crippen LogP contribution in [0.1, 0.15) is 16.8 Å². The molecule has 0 spiro atoms. The predicted molar refractivity (Wildman–Crippen MR) is 70.1 cm³/mol. The van der Waals surface area contributed by atoms with Crippen LogP contribution in [0.15, 0.2) is 36.7 Å². The molecule has 0 aliphatic rings. The largest absolute Gasteiger partial charge is 0.366 e. The Kier molecular flexibility index (Phi) is 3.94. The highest BCUT2D eigenvalue weighted by Gasteiger charge is 1.96. The van der Waals surface area contributed by atoms with Gasteiger partial charge in [0.15, 0.2) is 0 Å². The zero-order valence-corrected chi connectivity index (χ0v) is 10.4. The van der Waals surface area contributed by atoms with Crippen molar-refractivity contribution in [3.8, 4) is 0 Å². The molecule has 1 aromatic carbocycles. The van der Waals surface area contributed by atoms with Crippen LogP contribution in [0.25, 0.3) is 0 Å².